The molecule has 2 heterocycles. The minimum absolute atomic E-state index is 0.114. The van der Waals surface area contributed by atoms with Crippen molar-refractivity contribution in [1.82, 2.24) is 0 Å². The molecule has 4 atom stereocenters. The van der Waals surface area contributed by atoms with E-state index in [2.05, 4.69) is 0 Å². The average Bonchev–Trinajstić information content (AvgIpc) is 3.00. The van der Waals surface area contributed by atoms with Gasteiger partial charge in [-0.3, -0.25) is 19.2 Å². The van der Waals surface area contributed by atoms with E-state index in [1.807, 2.05) is 0 Å². The van der Waals surface area contributed by atoms with Crippen LogP contribution in [0.4, 0.5) is 0 Å². The molecule has 0 bridgehead atoms. The molecule has 4 unspecified atom stereocenters. The molecule has 0 saturated carbocycles. The van der Waals surface area contributed by atoms with Crippen LogP contribution in [0, 0.1) is 0 Å². The van der Waals surface area contributed by atoms with Crippen LogP contribution < -0.4 is 0 Å². The minimum Gasteiger partial charge on any atom is -0.463 e. The highest BCUT2D eigenvalue weighted by Gasteiger charge is 2.63. The topological polar surface area (TPSA) is 133 Å². The van der Waals surface area contributed by atoms with E-state index in [0.717, 1.165) is 20.8 Å². The number of hydrogen-bond donors (Lipinski definition) is 0. The maximum Gasteiger partial charge on any atom is 0.327 e. The molecule has 0 radical (unpaired) electrons. The molecule has 2 saturated heterocycles. The van der Waals surface area contributed by atoms with Crippen molar-refractivity contribution in [2.75, 3.05) is 19.8 Å². The number of carbonyl (C=O) groups is 4. The summed E-state index contributed by atoms with van der Waals surface area (Å²) >= 11 is 0. The molecule has 2 fully saturated rings. The molecule has 0 aromatic carbocycles. The van der Waals surface area contributed by atoms with E-state index < -0.39 is 54.3 Å². The van der Waals surface area contributed by atoms with Crippen molar-refractivity contribution in [3.05, 3.63) is 0 Å². The van der Waals surface area contributed by atoms with Gasteiger partial charge in [-0.25, -0.2) is 0 Å². The highest BCUT2D eigenvalue weighted by atomic mass is 16.9. The third-order valence-electron chi connectivity index (χ3n) is 3.69. The minimum atomic E-state index is -1.90. The van der Waals surface area contributed by atoms with Gasteiger partial charge in [-0.15, -0.1) is 0 Å². The largest absolute Gasteiger partial charge is 0.463 e. The number of rotatable bonds is 5. The Bertz CT molecular complexity index is 595. The molecule has 0 N–H and O–H groups in total. The Morgan fingerprint density at radius 3 is 1.81 bits per heavy atom. The third-order valence-corrected chi connectivity index (χ3v) is 3.69. The summed E-state index contributed by atoms with van der Waals surface area (Å²) in [6.45, 7) is 4.49. The molecule has 0 aromatic rings. The smallest absolute Gasteiger partial charge is 0.327 e. The Kier molecular flexibility index (Phi) is 6.73. The molecule has 0 aromatic heterocycles. The first-order chi connectivity index (χ1) is 12.6. The first kappa shape index (κ1) is 21.1. The standard InChI is InChI=1S/C16H22O11/c1-8(17)21-7-12-13(24-9(2)18)14(25-10(3)19)15(26-11(4)20)16(27-12)22-5-6-23-16/h12-15H,5-7H2,1-4H3. The zero-order valence-electron chi connectivity index (χ0n) is 15.4. The lowest BCUT2D eigenvalue weighted by Crippen LogP contribution is -2.68. The van der Waals surface area contributed by atoms with Crippen LogP contribution in [0.5, 0.6) is 0 Å². The molecule has 1 spiro atoms. The van der Waals surface area contributed by atoms with E-state index in [0.29, 0.717) is 0 Å². The van der Waals surface area contributed by atoms with Gasteiger partial charge in [-0.1, -0.05) is 0 Å². The van der Waals surface area contributed by atoms with Gasteiger partial charge in [0.25, 0.3) is 0 Å². The van der Waals surface area contributed by atoms with Crippen molar-refractivity contribution in [2.45, 2.75) is 58.1 Å². The summed E-state index contributed by atoms with van der Waals surface area (Å²) < 4.78 is 37.4. The fourth-order valence-corrected chi connectivity index (χ4v) is 2.87. The summed E-state index contributed by atoms with van der Waals surface area (Å²) in [4.78, 5) is 46.0. The maximum atomic E-state index is 11.6. The lowest BCUT2D eigenvalue weighted by molar-refractivity contribution is -0.428. The first-order valence-corrected chi connectivity index (χ1v) is 8.25. The van der Waals surface area contributed by atoms with Crippen molar-refractivity contribution in [2.24, 2.45) is 0 Å². The Balaban J connectivity index is 2.43. The predicted molar refractivity (Wildman–Crippen MR) is 82.8 cm³/mol. The fraction of sp³-hybridized carbons (Fsp3) is 0.750. The van der Waals surface area contributed by atoms with Crippen LogP contribution in [0.15, 0.2) is 0 Å². The van der Waals surface area contributed by atoms with Crippen LogP contribution in [0.2, 0.25) is 0 Å². The second-order valence-electron chi connectivity index (χ2n) is 5.94. The number of esters is 4. The van der Waals surface area contributed by atoms with Gasteiger partial charge in [0.2, 0.25) is 6.10 Å². The van der Waals surface area contributed by atoms with Crippen LogP contribution in [0.3, 0.4) is 0 Å². The zero-order valence-corrected chi connectivity index (χ0v) is 15.4. The SMILES string of the molecule is CC(=O)OCC1OC2(OCCO2)C(OC(C)=O)C(OC(C)=O)C1OC(C)=O. The quantitative estimate of drug-likeness (QED) is 0.442. The van der Waals surface area contributed by atoms with Crippen molar-refractivity contribution in [1.29, 1.82) is 0 Å². The summed E-state index contributed by atoms with van der Waals surface area (Å²) in [6.07, 6.45) is -5.04. The van der Waals surface area contributed by atoms with E-state index in [-0.39, 0.29) is 19.8 Å². The van der Waals surface area contributed by atoms with Crippen molar-refractivity contribution >= 4 is 23.9 Å². The maximum absolute atomic E-state index is 11.6. The fourth-order valence-electron chi connectivity index (χ4n) is 2.87. The van der Waals surface area contributed by atoms with E-state index in [9.17, 15) is 19.2 Å². The summed E-state index contributed by atoms with van der Waals surface area (Å²) in [5, 5.41) is 0. The van der Waals surface area contributed by atoms with Crippen molar-refractivity contribution in [3.8, 4) is 0 Å². The summed E-state index contributed by atoms with van der Waals surface area (Å²) in [5.74, 6) is -4.66. The molecular weight excluding hydrogens is 368 g/mol. The normalized spacial score (nSPS) is 29.0. The molecule has 0 amide bonds. The highest BCUT2D eigenvalue weighted by Crippen LogP contribution is 2.39. The molecule has 11 heteroatoms. The summed E-state index contributed by atoms with van der Waals surface area (Å²) in [6, 6.07) is 0. The van der Waals surface area contributed by atoms with E-state index in [1.54, 1.807) is 0 Å². The lowest BCUT2D eigenvalue weighted by atomic mass is 9.96. The van der Waals surface area contributed by atoms with Crippen LogP contribution in [0.25, 0.3) is 0 Å². The lowest BCUT2D eigenvalue weighted by Gasteiger charge is -2.47. The van der Waals surface area contributed by atoms with E-state index in [4.69, 9.17) is 33.2 Å². The summed E-state index contributed by atoms with van der Waals surface area (Å²) in [7, 11) is 0. The molecule has 152 valence electrons. The number of hydrogen-bond acceptors (Lipinski definition) is 11. The van der Waals surface area contributed by atoms with E-state index in [1.165, 1.54) is 6.92 Å². The van der Waals surface area contributed by atoms with Crippen LogP contribution in [-0.2, 0) is 52.3 Å². The molecule has 27 heavy (non-hydrogen) atoms. The Morgan fingerprint density at radius 2 is 1.33 bits per heavy atom. The van der Waals surface area contributed by atoms with Gasteiger partial charge in [-0.05, 0) is 0 Å². The Hall–Kier alpha value is -2.24. The van der Waals surface area contributed by atoms with Gasteiger partial charge >= 0.3 is 29.9 Å². The van der Waals surface area contributed by atoms with Crippen molar-refractivity contribution in [3.63, 3.8) is 0 Å². The van der Waals surface area contributed by atoms with Crippen molar-refractivity contribution < 1.29 is 52.3 Å². The zero-order chi connectivity index (χ0) is 20.2. The first-order valence-electron chi connectivity index (χ1n) is 8.25. The molecule has 2 aliphatic heterocycles. The second kappa shape index (κ2) is 8.63. The monoisotopic (exact) mass is 390 g/mol. The van der Waals surface area contributed by atoms with Crippen LogP contribution >= 0.6 is 0 Å². The summed E-state index contributed by atoms with van der Waals surface area (Å²) in [5.41, 5.74) is 0. The van der Waals surface area contributed by atoms with E-state index >= 15 is 0 Å². The van der Waals surface area contributed by atoms with Gasteiger partial charge < -0.3 is 33.2 Å². The van der Waals surface area contributed by atoms with Gasteiger partial charge in [0.05, 0.1) is 13.2 Å². The molecule has 2 rings (SSSR count). The number of ether oxygens (including phenoxy) is 7. The molecule has 11 nitrogen and oxygen atoms in total. The molecule has 2 aliphatic rings. The Morgan fingerprint density at radius 1 is 0.815 bits per heavy atom. The predicted octanol–water partition coefficient (Wildman–Crippen LogP) is -0.556. The third kappa shape index (κ3) is 5.15. The van der Waals surface area contributed by atoms with Crippen LogP contribution in [0.1, 0.15) is 27.7 Å². The van der Waals surface area contributed by atoms with Gasteiger partial charge in [-0.2, -0.15) is 0 Å². The number of carbonyl (C=O) groups excluding carboxylic acids is 4. The van der Waals surface area contributed by atoms with Gasteiger partial charge in [0, 0.05) is 27.7 Å². The Labute approximate surface area is 155 Å². The molecular formula is C16H22O11. The second-order valence-corrected chi connectivity index (χ2v) is 5.94. The molecule has 0 aliphatic carbocycles. The van der Waals surface area contributed by atoms with Gasteiger partial charge in [0.15, 0.2) is 12.2 Å². The average molecular weight is 390 g/mol. The highest BCUT2D eigenvalue weighted by molar-refractivity contribution is 5.68. The van der Waals surface area contributed by atoms with Gasteiger partial charge in [0.1, 0.15) is 12.7 Å². The van der Waals surface area contributed by atoms with Crippen LogP contribution in [-0.4, -0.2) is 74.1 Å².